The molecule has 8 aromatic carbocycles. The minimum absolute atomic E-state index is 0.831. The second kappa shape index (κ2) is 10.8. The van der Waals surface area contributed by atoms with Gasteiger partial charge in [-0.25, -0.2) is 9.97 Å². The molecule has 0 fully saturated rings. The van der Waals surface area contributed by atoms with Crippen LogP contribution in [0.2, 0.25) is 0 Å². The van der Waals surface area contributed by atoms with E-state index in [0.717, 1.165) is 39.1 Å². The normalized spacial score (nSPS) is 12.2. The summed E-state index contributed by atoms with van der Waals surface area (Å²) in [6.45, 7) is 0. The molecule has 4 heterocycles. The monoisotopic (exact) mass is 692 g/mol. The summed E-state index contributed by atoms with van der Waals surface area (Å²) < 4.78 is 7.27. The highest BCUT2D eigenvalue weighted by molar-refractivity contribution is 7.26. The molecule has 0 atom stereocenters. The predicted molar refractivity (Wildman–Crippen MR) is 224 cm³/mol. The van der Waals surface area contributed by atoms with Crippen LogP contribution in [-0.2, 0) is 0 Å². The standard InChI is InChI=1S/C48H28N4S/c1-7-22-40-30(14-1)31-15-2-8-23-41(31)51(40)43-25-11-13-29-27-44-37(28-36(29)43)32-16-3-9-24-42(32)52(44)48-46(49-38-20-5-6-21-39(38)50-48)35-19-12-18-34-33-17-4-10-26-45(33)53-47(34)35/h1-28H. The van der Waals surface area contributed by atoms with E-state index in [1.54, 1.807) is 0 Å². The highest BCUT2D eigenvalue weighted by atomic mass is 32.1. The lowest BCUT2D eigenvalue weighted by molar-refractivity contribution is 1.08. The topological polar surface area (TPSA) is 35.6 Å². The smallest absolute Gasteiger partial charge is 0.165 e. The number of hydrogen-bond acceptors (Lipinski definition) is 3. The van der Waals surface area contributed by atoms with Crippen LogP contribution < -0.4 is 0 Å². The van der Waals surface area contributed by atoms with E-state index in [4.69, 9.17) is 9.97 Å². The van der Waals surface area contributed by atoms with Crippen molar-refractivity contribution in [2.75, 3.05) is 0 Å². The molecule has 4 nitrogen and oxygen atoms in total. The summed E-state index contributed by atoms with van der Waals surface area (Å²) in [5.41, 5.74) is 9.51. The van der Waals surface area contributed by atoms with Crippen LogP contribution in [0.4, 0.5) is 0 Å². The van der Waals surface area contributed by atoms with E-state index < -0.39 is 0 Å². The molecule has 0 bridgehead atoms. The molecular weight excluding hydrogens is 665 g/mol. The van der Waals surface area contributed by atoms with Crippen molar-refractivity contribution in [2.24, 2.45) is 0 Å². The van der Waals surface area contributed by atoms with Gasteiger partial charge in [-0.1, -0.05) is 115 Å². The molecule has 0 saturated carbocycles. The lowest BCUT2D eigenvalue weighted by Gasteiger charge is -2.15. The summed E-state index contributed by atoms with van der Waals surface area (Å²) >= 11 is 1.83. The van der Waals surface area contributed by atoms with E-state index in [9.17, 15) is 0 Å². The molecule has 4 aromatic heterocycles. The van der Waals surface area contributed by atoms with Crippen LogP contribution in [0, 0.1) is 0 Å². The fraction of sp³-hybridized carbons (Fsp3) is 0. The van der Waals surface area contributed by atoms with Gasteiger partial charge in [0.1, 0.15) is 5.69 Å². The Labute approximate surface area is 307 Å². The fourth-order valence-corrected chi connectivity index (χ4v) is 9.81. The third-order valence-corrected chi connectivity index (χ3v) is 12.1. The summed E-state index contributed by atoms with van der Waals surface area (Å²) in [6, 6.07) is 61.1. The van der Waals surface area contributed by atoms with E-state index in [1.807, 2.05) is 23.5 Å². The Balaban J connectivity index is 1.19. The molecule has 5 heteroatoms. The first-order valence-corrected chi connectivity index (χ1v) is 18.7. The number of benzene rings is 8. The average Bonchev–Trinajstić information content (AvgIpc) is 3.87. The number of hydrogen-bond donors (Lipinski definition) is 0. The zero-order valence-corrected chi connectivity index (χ0v) is 29.2. The Bertz CT molecular complexity index is 3420. The minimum atomic E-state index is 0.831. The summed E-state index contributed by atoms with van der Waals surface area (Å²) in [4.78, 5) is 10.9. The number of fused-ring (bicyclic) bond motifs is 11. The third-order valence-electron chi connectivity index (χ3n) is 10.9. The van der Waals surface area contributed by atoms with Gasteiger partial charge in [-0.15, -0.1) is 11.3 Å². The molecule has 0 spiro atoms. The van der Waals surface area contributed by atoms with Crippen LogP contribution in [0.25, 0.3) is 108 Å². The van der Waals surface area contributed by atoms with Crippen LogP contribution in [0.3, 0.4) is 0 Å². The second-order valence-electron chi connectivity index (χ2n) is 13.8. The van der Waals surface area contributed by atoms with Crippen molar-refractivity contribution in [3.8, 4) is 22.8 Å². The van der Waals surface area contributed by atoms with Gasteiger partial charge in [0, 0.05) is 52.7 Å². The van der Waals surface area contributed by atoms with E-state index >= 15 is 0 Å². The van der Waals surface area contributed by atoms with Gasteiger partial charge < -0.3 is 4.57 Å². The van der Waals surface area contributed by atoms with Gasteiger partial charge in [-0.2, -0.15) is 0 Å². The van der Waals surface area contributed by atoms with Crippen molar-refractivity contribution in [2.45, 2.75) is 0 Å². The second-order valence-corrected chi connectivity index (χ2v) is 14.8. The van der Waals surface area contributed by atoms with Crippen molar-refractivity contribution in [1.29, 1.82) is 0 Å². The SMILES string of the molecule is c1cc(-n2c3ccccc3c3ccccc32)c2cc3c4ccccc4n(-c4nc5ccccc5nc4-c4cccc5c4sc4ccccc45)c3cc2c1. The number of rotatable bonds is 3. The summed E-state index contributed by atoms with van der Waals surface area (Å²) in [5.74, 6) is 0.831. The molecule has 0 saturated heterocycles. The zero-order valence-electron chi connectivity index (χ0n) is 28.4. The maximum absolute atomic E-state index is 5.46. The summed E-state index contributed by atoms with van der Waals surface area (Å²) in [6.07, 6.45) is 0. The zero-order chi connectivity index (χ0) is 34.6. The molecule has 12 rings (SSSR count). The van der Waals surface area contributed by atoms with E-state index in [2.05, 4.69) is 167 Å². The van der Waals surface area contributed by atoms with Gasteiger partial charge in [0.2, 0.25) is 0 Å². The van der Waals surface area contributed by atoms with Gasteiger partial charge in [-0.3, -0.25) is 4.57 Å². The summed E-state index contributed by atoms with van der Waals surface area (Å²) in [5, 5.41) is 9.77. The largest absolute Gasteiger partial charge is 0.309 e. The van der Waals surface area contributed by atoms with Gasteiger partial charge in [0.05, 0.1) is 38.8 Å². The van der Waals surface area contributed by atoms with Crippen molar-refractivity contribution in [1.82, 2.24) is 19.1 Å². The molecule has 0 aliphatic carbocycles. The first-order chi connectivity index (χ1) is 26.3. The first kappa shape index (κ1) is 28.8. The van der Waals surface area contributed by atoms with E-state index in [0.29, 0.717) is 0 Å². The van der Waals surface area contributed by atoms with E-state index in [1.165, 1.54) is 69.2 Å². The molecule has 0 amide bonds. The number of para-hydroxylation sites is 5. The lowest BCUT2D eigenvalue weighted by Crippen LogP contribution is -2.04. The molecular formula is C48H28N4S. The van der Waals surface area contributed by atoms with Crippen LogP contribution in [0.15, 0.2) is 170 Å². The molecule has 0 radical (unpaired) electrons. The molecule has 0 aliphatic rings. The highest BCUT2D eigenvalue weighted by Crippen LogP contribution is 2.44. The van der Waals surface area contributed by atoms with Gasteiger partial charge >= 0.3 is 0 Å². The Hall–Kier alpha value is -6.82. The number of thiophene rings is 1. The molecule has 0 N–H and O–H groups in total. The van der Waals surface area contributed by atoms with Gasteiger partial charge in [0.15, 0.2) is 5.82 Å². The van der Waals surface area contributed by atoms with Crippen molar-refractivity contribution in [3.05, 3.63) is 170 Å². The van der Waals surface area contributed by atoms with Crippen molar-refractivity contribution >= 4 is 96.9 Å². The number of nitrogens with zero attached hydrogens (tertiary/aromatic N) is 4. The maximum Gasteiger partial charge on any atom is 0.165 e. The minimum Gasteiger partial charge on any atom is -0.309 e. The predicted octanol–water partition coefficient (Wildman–Crippen LogP) is 13.0. The van der Waals surface area contributed by atoms with Crippen molar-refractivity contribution < 1.29 is 0 Å². The molecule has 0 unspecified atom stereocenters. The van der Waals surface area contributed by atoms with Crippen LogP contribution in [0.1, 0.15) is 0 Å². The van der Waals surface area contributed by atoms with Crippen LogP contribution in [-0.4, -0.2) is 19.1 Å². The number of aromatic nitrogens is 4. The van der Waals surface area contributed by atoms with Gasteiger partial charge in [-0.05, 0) is 60.0 Å². The summed E-state index contributed by atoms with van der Waals surface area (Å²) in [7, 11) is 0. The van der Waals surface area contributed by atoms with Crippen LogP contribution >= 0.6 is 11.3 Å². The molecule has 53 heavy (non-hydrogen) atoms. The highest BCUT2D eigenvalue weighted by Gasteiger charge is 2.23. The van der Waals surface area contributed by atoms with Crippen molar-refractivity contribution in [3.63, 3.8) is 0 Å². The molecule has 246 valence electrons. The first-order valence-electron chi connectivity index (χ1n) is 17.9. The molecule has 0 aliphatic heterocycles. The fourth-order valence-electron chi connectivity index (χ4n) is 8.59. The van der Waals surface area contributed by atoms with Crippen LogP contribution in [0.5, 0.6) is 0 Å². The quantitative estimate of drug-likeness (QED) is 0.185. The lowest BCUT2D eigenvalue weighted by atomic mass is 10.0. The van der Waals surface area contributed by atoms with Gasteiger partial charge in [0.25, 0.3) is 0 Å². The Morgan fingerprint density at radius 3 is 1.74 bits per heavy atom. The Kier molecular flexibility index (Phi) is 5.90. The third kappa shape index (κ3) is 4.05. The van der Waals surface area contributed by atoms with E-state index in [-0.39, 0.29) is 0 Å². The maximum atomic E-state index is 5.46. The average molecular weight is 693 g/mol. The Morgan fingerprint density at radius 1 is 0.396 bits per heavy atom. The molecule has 12 aromatic rings. The Morgan fingerprint density at radius 2 is 0.981 bits per heavy atom.